The summed E-state index contributed by atoms with van der Waals surface area (Å²) >= 11 is 0. The summed E-state index contributed by atoms with van der Waals surface area (Å²) in [6.07, 6.45) is 9.03. The van der Waals surface area contributed by atoms with Crippen molar-refractivity contribution in [2.24, 2.45) is 0 Å². The zero-order valence-corrected chi connectivity index (χ0v) is 18.7. The van der Waals surface area contributed by atoms with Crippen LogP contribution in [0.25, 0.3) is 22.2 Å². The first-order chi connectivity index (χ1) is 15.9. The third kappa shape index (κ3) is 3.51. The molecule has 3 aromatic rings. The van der Waals surface area contributed by atoms with Crippen molar-refractivity contribution in [1.82, 2.24) is 24.6 Å². The lowest BCUT2D eigenvalue weighted by atomic mass is 10.0. The van der Waals surface area contributed by atoms with Crippen molar-refractivity contribution < 1.29 is 13.6 Å². The molecule has 33 heavy (non-hydrogen) atoms. The lowest BCUT2D eigenvalue weighted by Crippen LogP contribution is -2.42. The number of carbonyl (C=O) groups excluding carboxylic acids is 1. The summed E-state index contributed by atoms with van der Waals surface area (Å²) in [4.78, 5) is 20.9. The molecule has 3 aliphatic rings. The van der Waals surface area contributed by atoms with Gasteiger partial charge in [0.1, 0.15) is 11.6 Å². The third-order valence-electron chi connectivity index (χ3n) is 7.74. The number of benzene rings is 1. The number of piperidine rings is 1. The van der Waals surface area contributed by atoms with Gasteiger partial charge in [-0.25, -0.2) is 8.78 Å². The summed E-state index contributed by atoms with van der Waals surface area (Å²) in [6, 6.07) is 4.13. The van der Waals surface area contributed by atoms with Crippen molar-refractivity contribution in [3.8, 4) is 11.3 Å². The molecule has 1 aliphatic carbocycles. The Bertz CT molecular complexity index is 1240. The lowest BCUT2D eigenvalue weighted by Gasteiger charge is -2.36. The monoisotopic (exact) mass is 451 g/mol. The average molecular weight is 452 g/mol. The standard InChI is InChI=1S/C25H27F2N5O/c1-25(5-6-25)31-9-3-17(4-10-31)32-23-15-28-22(11-16(23)14-29-32)18-12-21(27)19(13-20(18)26)24(33)30-7-2-8-30/h11-15,17H,2-10H2,1H3. The number of fused-ring (bicyclic) bond motifs is 1. The number of amides is 1. The highest BCUT2D eigenvalue weighted by Gasteiger charge is 2.44. The fourth-order valence-electron chi connectivity index (χ4n) is 5.13. The lowest BCUT2D eigenvalue weighted by molar-refractivity contribution is 0.0646. The third-order valence-corrected chi connectivity index (χ3v) is 7.74. The molecule has 2 aromatic heterocycles. The quantitative estimate of drug-likeness (QED) is 0.590. The predicted molar refractivity (Wildman–Crippen MR) is 121 cm³/mol. The van der Waals surface area contributed by atoms with Crippen LogP contribution in [0.1, 0.15) is 55.4 Å². The smallest absolute Gasteiger partial charge is 0.256 e. The van der Waals surface area contributed by atoms with Crippen LogP contribution in [0, 0.1) is 11.6 Å². The van der Waals surface area contributed by atoms with Crippen LogP contribution in [-0.2, 0) is 0 Å². The van der Waals surface area contributed by atoms with Crippen LogP contribution in [0.4, 0.5) is 8.78 Å². The fraction of sp³-hybridized carbons (Fsp3) is 0.480. The molecule has 0 spiro atoms. The Kier molecular flexibility index (Phi) is 4.76. The van der Waals surface area contributed by atoms with Gasteiger partial charge in [-0.3, -0.25) is 19.4 Å². The summed E-state index contributed by atoms with van der Waals surface area (Å²) in [6.45, 7) is 5.66. The molecule has 0 bridgehead atoms. The van der Waals surface area contributed by atoms with Gasteiger partial charge in [-0.05, 0) is 57.2 Å². The summed E-state index contributed by atoms with van der Waals surface area (Å²) in [5, 5.41) is 5.45. The molecule has 6 rings (SSSR count). The summed E-state index contributed by atoms with van der Waals surface area (Å²) in [7, 11) is 0. The minimum absolute atomic E-state index is 0.0493. The Morgan fingerprint density at radius 3 is 2.45 bits per heavy atom. The molecular weight excluding hydrogens is 424 g/mol. The van der Waals surface area contributed by atoms with Crippen LogP contribution in [0.2, 0.25) is 0 Å². The van der Waals surface area contributed by atoms with Gasteiger partial charge in [0.15, 0.2) is 0 Å². The maximum absolute atomic E-state index is 14.9. The minimum Gasteiger partial charge on any atom is -0.338 e. The normalized spacial score (nSPS) is 20.8. The van der Waals surface area contributed by atoms with E-state index in [9.17, 15) is 13.6 Å². The van der Waals surface area contributed by atoms with Gasteiger partial charge in [0, 0.05) is 42.7 Å². The number of hydrogen-bond acceptors (Lipinski definition) is 4. The molecule has 1 amide bonds. The van der Waals surface area contributed by atoms with Crippen molar-refractivity contribution >= 4 is 16.8 Å². The average Bonchev–Trinajstić information content (AvgIpc) is 3.39. The Morgan fingerprint density at radius 1 is 1.03 bits per heavy atom. The molecule has 2 aliphatic heterocycles. The first-order valence-electron chi connectivity index (χ1n) is 11.8. The van der Waals surface area contributed by atoms with Crippen LogP contribution in [0.3, 0.4) is 0 Å². The molecule has 6 nitrogen and oxygen atoms in total. The molecule has 0 atom stereocenters. The summed E-state index contributed by atoms with van der Waals surface area (Å²) in [5.41, 5.74) is 1.46. The SMILES string of the molecule is CC1(N2CCC(n3ncc4cc(-c5cc(F)c(C(=O)N6CCC6)cc5F)ncc43)CC2)CC1. The van der Waals surface area contributed by atoms with E-state index in [4.69, 9.17) is 0 Å². The van der Waals surface area contributed by atoms with Crippen molar-refractivity contribution in [3.05, 3.63) is 47.8 Å². The Balaban J connectivity index is 1.25. The maximum atomic E-state index is 14.9. The van der Waals surface area contributed by atoms with Gasteiger partial charge in [-0.15, -0.1) is 0 Å². The number of halogens is 2. The number of likely N-dealkylation sites (tertiary alicyclic amines) is 2. The Hall–Kier alpha value is -2.87. The molecule has 4 heterocycles. The number of aromatic nitrogens is 3. The number of nitrogens with zero attached hydrogens (tertiary/aromatic N) is 5. The van der Waals surface area contributed by atoms with E-state index in [1.54, 1.807) is 18.5 Å². The second kappa shape index (κ2) is 7.58. The van der Waals surface area contributed by atoms with Gasteiger partial charge in [0.05, 0.1) is 35.2 Å². The van der Waals surface area contributed by atoms with E-state index in [-0.39, 0.29) is 11.1 Å². The van der Waals surface area contributed by atoms with Gasteiger partial charge >= 0.3 is 0 Å². The minimum atomic E-state index is -0.725. The van der Waals surface area contributed by atoms with E-state index in [2.05, 4.69) is 21.9 Å². The molecule has 3 fully saturated rings. The van der Waals surface area contributed by atoms with Crippen molar-refractivity contribution in [3.63, 3.8) is 0 Å². The van der Waals surface area contributed by atoms with E-state index in [1.165, 1.54) is 17.7 Å². The van der Waals surface area contributed by atoms with Gasteiger partial charge in [0.25, 0.3) is 5.91 Å². The van der Waals surface area contributed by atoms with Crippen molar-refractivity contribution in [2.45, 2.75) is 50.6 Å². The highest BCUT2D eigenvalue weighted by atomic mass is 19.1. The molecule has 1 aromatic carbocycles. The van der Waals surface area contributed by atoms with E-state index in [1.807, 2.05) is 4.68 Å². The zero-order chi connectivity index (χ0) is 22.7. The molecule has 8 heteroatoms. The zero-order valence-electron chi connectivity index (χ0n) is 18.7. The van der Waals surface area contributed by atoms with Gasteiger partial charge in [0.2, 0.25) is 0 Å². The van der Waals surface area contributed by atoms with Crippen molar-refractivity contribution in [1.29, 1.82) is 0 Å². The fourth-order valence-corrected chi connectivity index (χ4v) is 5.13. The molecule has 0 N–H and O–H groups in total. The van der Waals surface area contributed by atoms with Crippen LogP contribution in [0.15, 0.2) is 30.6 Å². The van der Waals surface area contributed by atoms with E-state index < -0.39 is 17.5 Å². The number of carbonyl (C=O) groups is 1. The highest BCUT2D eigenvalue weighted by molar-refractivity contribution is 5.95. The van der Waals surface area contributed by atoms with E-state index in [0.717, 1.165) is 55.4 Å². The number of pyridine rings is 1. The van der Waals surface area contributed by atoms with Gasteiger partial charge < -0.3 is 4.90 Å². The van der Waals surface area contributed by atoms with E-state index in [0.29, 0.717) is 30.4 Å². The molecule has 0 unspecified atom stereocenters. The topological polar surface area (TPSA) is 54.3 Å². The van der Waals surface area contributed by atoms with Crippen molar-refractivity contribution in [2.75, 3.05) is 26.2 Å². The van der Waals surface area contributed by atoms with Crippen LogP contribution in [0.5, 0.6) is 0 Å². The Labute approximate surface area is 191 Å². The second-order valence-electron chi connectivity index (χ2n) is 9.89. The molecule has 1 saturated carbocycles. The predicted octanol–water partition coefficient (Wildman–Crippen LogP) is 4.41. The first-order valence-corrected chi connectivity index (χ1v) is 11.8. The van der Waals surface area contributed by atoms with Gasteiger partial charge in [-0.2, -0.15) is 5.10 Å². The molecule has 2 saturated heterocycles. The molecule has 172 valence electrons. The van der Waals surface area contributed by atoms with Gasteiger partial charge in [-0.1, -0.05) is 0 Å². The van der Waals surface area contributed by atoms with Crippen LogP contribution >= 0.6 is 0 Å². The summed E-state index contributed by atoms with van der Waals surface area (Å²) in [5.74, 6) is -1.84. The second-order valence-corrected chi connectivity index (χ2v) is 9.89. The van der Waals surface area contributed by atoms with Crippen LogP contribution < -0.4 is 0 Å². The highest BCUT2D eigenvalue weighted by Crippen LogP contribution is 2.43. The first kappa shape index (κ1) is 20.7. The maximum Gasteiger partial charge on any atom is 0.256 e. The molecular formula is C25H27F2N5O. The number of hydrogen-bond donors (Lipinski definition) is 0. The van der Waals surface area contributed by atoms with Crippen LogP contribution in [-0.4, -0.2) is 62.2 Å². The largest absolute Gasteiger partial charge is 0.338 e. The van der Waals surface area contributed by atoms with E-state index >= 15 is 0 Å². The number of rotatable bonds is 4. The summed E-state index contributed by atoms with van der Waals surface area (Å²) < 4.78 is 31.6. The molecule has 0 radical (unpaired) electrons. The Morgan fingerprint density at radius 2 is 1.79 bits per heavy atom.